The van der Waals surface area contributed by atoms with Crippen LogP contribution in [0.25, 0.3) is 11.0 Å². The number of nitrogens with one attached hydrogen (secondary N) is 2. The van der Waals surface area contributed by atoms with Crippen molar-refractivity contribution in [2.75, 3.05) is 0 Å². The summed E-state index contributed by atoms with van der Waals surface area (Å²) in [4.78, 5) is 28.9. The molecule has 138 valence electrons. The minimum Gasteiger partial charge on any atom is -0.351 e. The summed E-state index contributed by atoms with van der Waals surface area (Å²) in [7, 11) is 0. The number of imidazole rings is 1. The zero-order valence-electron chi connectivity index (χ0n) is 15.4. The molecular weight excluding hydrogens is 328 g/mol. The van der Waals surface area contributed by atoms with Gasteiger partial charge in [-0.05, 0) is 45.2 Å². The number of aromatic nitrogens is 2. The van der Waals surface area contributed by atoms with Gasteiger partial charge in [0.2, 0.25) is 11.8 Å². The number of amides is 2. The van der Waals surface area contributed by atoms with Crippen LogP contribution in [0.5, 0.6) is 0 Å². The van der Waals surface area contributed by atoms with Gasteiger partial charge < -0.3 is 15.2 Å². The molecule has 6 heteroatoms. The molecule has 1 aromatic heterocycles. The molecule has 2 amide bonds. The average Bonchev–Trinajstić information content (AvgIpc) is 3.36. The fourth-order valence-electron chi connectivity index (χ4n) is 3.86. The molecule has 1 saturated carbocycles. The van der Waals surface area contributed by atoms with E-state index >= 15 is 0 Å². The minimum absolute atomic E-state index is 0.0266. The van der Waals surface area contributed by atoms with Crippen LogP contribution in [0.15, 0.2) is 24.3 Å². The third-order valence-corrected chi connectivity index (χ3v) is 5.52. The maximum Gasteiger partial charge on any atom is 0.222 e. The third kappa shape index (κ3) is 3.32. The van der Waals surface area contributed by atoms with E-state index in [1.165, 1.54) is 12.8 Å². The van der Waals surface area contributed by atoms with Crippen molar-refractivity contribution in [3.05, 3.63) is 30.1 Å². The van der Waals surface area contributed by atoms with E-state index in [1.54, 1.807) is 0 Å². The van der Waals surface area contributed by atoms with Crippen molar-refractivity contribution in [3.8, 4) is 0 Å². The van der Waals surface area contributed by atoms with Crippen molar-refractivity contribution in [1.29, 1.82) is 0 Å². The summed E-state index contributed by atoms with van der Waals surface area (Å²) in [6.07, 6.45) is 3.94. The van der Waals surface area contributed by atoms with Crippen LogP contribution < -0.4 is 10.6 Å². The molecule has 2 aromatic rings. The van der Waals surface area contributed by atoms with Gasteiger partial charge in [0, 0.05) is 25.3 Å². The summed E-state index contributed by atoms with van der Waals surface area (Å²) in [5.74, 6) is 1.74. The Morgan fingerprint density at radius 3 is 2.81 bits per heavy atom. The SMILES string of the molecule is CC1(C)NC(=O)CCC1NC(=O)CCn1c(C2CC2)nc2ccccc21. The Morgan fingerprint density at radius 2 is 2.08 bits per heavy atom. The first kappa shape index (κ1) is 17.1. The molecule has 4 rings (SSSR count). The van der Waals surface area contributed by atoms with Crippen molar-refractivity contribution >= 4 is 22.8 Å². The molecule has 1 unspecified atom stereocenters. The monoisotopic (exact) mass is 354 g/mol. The summed E-state index contributed by atoms with van der Waals surface area (Å²) in [6.45, 7) is 4.56. The predicted octanol–water partition coefficient (Wildman–Crippen LogP) is 2.48. The molecule has 0 radical (unpaired) electrons. The molecule has 2 N–H and O–H groups in total. The number of aryl methyl sites for hydroxylation is 1. The molecule has 2 aliphatic rings. The van der Waals surface area contributed by atoms with Gasteiger partial charge in [-0.1, -0.05) is 12.1 Å². The van der Waals surface area contributed by atoms with E-state index in [2.05, 4.69) is 21.3 Å². The van der Waals surface area contributed by atoms with Gasteiger partial charge in [-0.25, -0.2) is 4.98 Å². The van der Waals surface area contributed by atoms with E-state index in [4.69, 9.17) is 4.98 Å². The Hall–Kier alpha value is -2.37. The van der Waals surface area contributed by atoms with Gasteiger partial charge in [0.1, 0.15) is 5.82 Å². The molecule has 1 aromatic carbocycles. The Bertz CT molecular complexity index is 851. The molecule has 0 spiro atoms. The highest BCUT2D eigenvalue weighted by molar-refractivity contribution is 5.80. The van der Waals surface area contributed by atoms with Crippen LogP contribution in [0.4, 0.5) is 0 Å². The first-order chi connectivity index (χ1) is 12.4. The smallest absolute Gasteiger partial charge is 0.222 e. The molecule has 0 bridgehead atoms. The largest absolute Gasteiger partial charge is 0.351 e. The van der Waals surface area contributed by atoms with Crippen LogP contribution in [0, 0.1) is 0 Å². The fraction of sp³-hybridized carbons (Fsp3) is 0.550. The molecule has 1 atom stereocenters. The number of rotatable bonds is 5. The number of hydrogen-bond donors (Lipinski definition) is 2. The molecule has 2 fully saturated rings. The number of benzene rings is 1. The van der Waals surface area contributed by atoms with E-state index in [0.717, 1.165) is 16.9 Å². The van der Waals surface area contributed by atoms with Crippen LogP contribution in [0.1, 0.15) is 57.7 Å². The van der Waals surface area contributed by atoms with E-state index in [0.29, 0.717) is 31.7 Å². The quantitative estimate of drug-likeness (QED) is 0.866. The lowest BCUT2D eigenvalue weighted by atomic mass is 9.87. The summed E-state index contributed by atoms with van der Waals surface area (Å²) in [5.41, 5.74) is 1.70. The van der Waals surface area contributed by atoms with E-state index in [1.807, 2.05) is 32.0 Å². The molecule has 2 heterocycles. The Morgan fingerprint density at radius 1 is 1.31 bits per heavy atom. The average molecular weight is 354 g/mol. The third-order valence-electron chi connectivity index (χ3n) is 5.52. The van der Waals surface area contributed by atoms with Gasteiger partial charge in [-0.15, -0.1) is 0 Å². The van der Waals surface area contributed by atoms with Crippen LogP contribution in [-0.4, -0.2) is 32.9 Å². The standard InChI is InChI=1S/C20H26N4O2/c1-20(2)16(9-10-18(26)23-20)22-17(25)11-12-24-15-6-4-3-5-14(15)21-19(24)13-7-8-13/h3-6,13,16H,7-12H2,1-2H3,(H,22,25)(H,23,26). The maximum absolute atomic E-state index is 12.6. The highest BCUT2D eigenvalue weighted by atomic mass is 16.2. The van der Waals surface area contributed by atoms with Crippen LogP contribution >= 0.6 is 0 Å². The molecule has 1 aliphatic heterocycles. The lowest BCUT2D eigenvalue weighted by Gasteiger charge is -2.39. The van der Waals surface area contributed by atoms with E-state index in [9.17, 15) is 9.59 Å². The summed E-state index contributed by atoms with van der Waals surface area (Å²) < 4.78 is 2.21. The normalized spacial score (nSPS) is 22.2. The predicted molar refractivity (Wildman–Crippen MR) is 99.7 cm³/mol. The molecular formula is C20H26N4O2. The van der Waals surface area contributed by atoms with Gasteiger partial charge >= 0.3 is 0 Å². The van der Waals surface area contributed by atoms with Crippen LogP contribution in [0.2, 0.25) is 0 Å². The highest BCUT2D eigenvalue weighted by Crippen LogP contribution is 2.40. The topological polar surface area (TPSA) is 76.0 Å². The lowest BCUT2D eigenvalue weighted by Crippen LogP contribution is -2.62. The molecule has 26 heavy (non-hydrogen) atoms. The number of carbonyl (C=O) groups excluding carboxylic acids is 2. The Balaban J connectivity index is 1.44. The van der Waals surface area contributed by atoms with Crippen molar-refractivity contribution in [3.63, 3.8) is 0 Å². The van der Waals surface area contributed by atoms with Crippen molar-refractivity contribution in [1.82, 2.24) is 20.2 Å². The Labute approximate surface area is 153 Å². The van der Waals surface area contributed by atoms with Gasteiger partial charge in [-0.2, -0.15) is 0 Å². The number of nitrogens with zero attached hydrogens (tertiary/aromatic N) is 2. The van der Waals surface area contributed by atoms with Crippen LogP contribution in [-0.2, 0) is 16.1 Å². The molecule has 1 saturated heterocycles. The number of para-hydroxylation sites is 2. The molecule has 6 nitrogen and oxygen atoms in total. The van der Waals surface area contributed by atoms with E-state index in [-0.39, 0.29) is 17.9 Å². The van der Waals surface area contributed by atoms with Gasteiger partial charge in [0.05, 0.1) is 22.6 Å². The lowest BCUT2D eigenvalue weighted by molar-refractivity contribution is -0.128. The first-order valence-corrected chi connectivity index (χ1v) is 9.49. The number of fused-ring (bicyclic) bond motifs is 1. The van der Waals surface area contributed by atoms with Gasteiger partial charge in [0.15, 0.2) is 0 Å². The van der Waals surface area contributed by atoms with Crippen molar-refractivity contribution < 1.29 is 9.59 Å². The highest BCUT2D eigenvalue weighted by Gasteiger charge is 2.36. The van der Waals surface area contributed by atoms with Crippen molar-refractivity contribution in [2.24, 2.45) is 0 Å². The number of piperidine rings is 1. The van der Waals surface area contributed by atoms with Gasteiger partial charge in [0.25, 0.3) is 0 Å². The fourth-order valence-corrected chi connectivity index (χ4v) is 3.86. The summed E-state index contributed by atoms with van der Waals surface area (Å²) in [5, 5.41) is 6.09. The second-order valence-corrected chi connectivity index (χ2v) is 8.06. The summed E-state index contributed by atoms with van der Waals surface area (Å²) in [6, 6.07) is 8.10. The molecule has 1 aliphatic carbocycles. The van der Waals surface area contributed by atoms with Crippen molar-refractivity contribution in [2.45, 2.75) is 70.0 Å². The van der Waals surface area contributed by atoms with Gasteiger partial charge in [-0.3, -0.25) is 9.59 Å². The van der Waals surface area contributed by atoms with Crippen LogP contribution in [0.3, 0.4) is 0 Å². The number of hydrogen-bond acceptors (Lipinski definition) is 3. The zero-order valence-corrected chi connectivity index (χ0v) is 15.4. The van der Waals surface area contributed by atoms with E-state index < -0.39 is 5.54 Å². The Kier molecular flexibility index (Phi) is 4.21. The minimum atomic E-state index is -0.411. The first-order valence-electron chi connectivity index (χ1n) is 9.49. The summed E-state index contributed by atoms with van der Waals surface area (Å²) >= 11 is 0. The maximum atomic E-state index is 12.6. The zero-order chi connectivity index (χ0) is 18.3. The number of carbonyl (C=O) groups is 2. The second kappa shape index (κ2) is 6.41. The second-order valence-electron chi connectivity index (χ2n) is 8.06.